The number of amides is 2. The number of fused-ring (bicyclic) bond motifs is 1. The number of carbonyl (C=O) groups excluding carboxylic acids is 4. The van der Waals surface area contributed by atoms with Crippen molar-refractivity contribution < 1.29 is 19.2 Å². The zero-order valence-corrected chi connectivity index (χ0v) is 14.7. The quantitative estimate of drug-likeness (QED) is 0.609. The molecule has 2 amide bonds. The van der Waals surface area contributed by atoms with E-state index in [1.54, 1.807) is 36.4 Å². The van der Waals surface area contributed by atoms with E-state index in [2.05, 4.69) is 15.6 Å². The summed E-state index contributed by atoms with van der Waals surface area (Å²) >= 11 is 4.84. The second kappa shape index (κ2) is 6.48. The number of pyridine rings is 1. The number of carbonyl (C=O) groups is 4. The normalized spacial score (nSPS) is 18.9. The molecule has 0 bridgehead atoms. The minimum Gasteiger partial charge on any atom is -0.302 e. The lowest BCUT2D eigenvalue weighted by Crippen LogP contribution is -2.58. The number of thiocarbonyl (C=S) groups is 1. The summed E-state index contributed by atoms with van der Waals surface area (Å²) in [7, 11) is 0. The van der Waals surface area contributed by atoms with Crippen molar-refractivity contribution in [2.45, 2.75) is 5.92 Å². The van der Waals surface area contributed by atoms with Crippen LogP contribution < -0.4 is 10.6 Å². The van der Waals surface area contributed by atoms with Gasteiger partial charge in [-0.25, -0.2) is 0 Å². The predicted octanol–water partition coefficient (Wildman–Crippen LogP) is 1.01. The lowest BCUT2D eigenvalue weighted by molar-refractivity contribution is -0.136. The summed E-state index contributed by atoms with van der Waals surface area (Å²) in [6.45, 7) is 0. The summed E-state index contributed by atoms with van der Waals surface area (Å²) in [4.78, 5) is 55.2. The van der Waals surface area contributed by atoms with Crippen molar-refractivity contribution in [3.63, 3.8) is 0 Å². The van der Waals surface area contributed by atoms with E-state index < -0.39 is 41.1 Å². The predicted molar refractivity (Wildman–Crippen MR) is 97.9 cm³/mol. The van der Waals surface area contributed by atoms with Gasteiger partial charge in [0.2, 0.25) is 11.8 Å². The Balaban J connectivity index is 1.85. The van der Waals surface area contributed by atoms with Crippen LogP contribution in [0.4, 0.5) is 0 Å². The van der Waals surface area contributed by atoms with E-state index in [1.165, 1.54) is 12.4 Å². The lowest BCUT2D eigenvalue weighted by Gasteiger charge is -2.31. The number of ketones is 2. The number of benzene rings is 1. The third-order valence-electron chi connectivity index (χ3n) is 4.85. The van der Waals surface area contributed by atoms with Crippen LogP contribution in [0, 0.1) is 11.8 Å². The molecule has 8 heteroatoms. The number of hydrogen-bond donors (Lipinski definition) is 2. The van der Waals surface area contributed by atoms with Crippen LogP contribution in [-0.4, -0.2) is 33.5 Å². The first kappa shape index (κ1) is 17.2. The molecule has 2 aliphatic rings. The van der Waals surface area contributed by atoms with Gasteiger partial charge in [0, 0.05) is 29.4 Å². The molecule has 1 aliphatic heterocycles. The maximum atomic E-state index is 13.0. The third kappa shape index (κ3) is 2.74. The molecular weight excluding hydrogens is 366 g/mol. The van der Waals surface area contributed by atoms with Crippen LogP contribution in [0.15, 0.2) is 48.8 Å². The molecule has 2 N–H and O–H groups in total. The van der Waals surface area contributed by atoms with Crippen LogP contribution in [0.1, 0.15) is 32.2 Å². The largest absolute Gasteiger partial charge is 0.302 e. The highest BCUT2D eigenvalue weighted by molar-refractivity contribution is 7.80. The maximum absolute atomic E-state index is 13.0. The highest BCUT2D eigenvalue weighted by atomic mass is 32.1. The lowest BCUT2D eigenvalue weighted by atomic mass is 9.73. The van der Waals surface area contributed by atoms with Gasteiger partial charge in [0.25, 0.3) is 0 Å². The number of nitrogens with one attached hydrogen (secondary N) is 2. The van der Waals surface area contributed by atoms with Gasteiger partial charge < -0.3 is 10.6 Å². The summed E-state index contributed by atoms with van der Waals surface area (Å²) in [6.07, 6.45) is 2.99. The van der Waals surface area contributed by atoms with E-state index in [-0.39, 0.29) is 5.11 Å². The van der Waals surface area contributed by atoms with E-state index in [9.17, 15) is 19.2 Å². The fourth-order valence-corrected chi connectivity index (χ4v) is 3.90. The summed E-state index contributed by atoms with van der Waals surface area (Å²) in [6, 6.07) is 9.77. The first-order chi connectivity index (χ1) is 13.0. The Morgan fingerprint density at radius 1 is 0.852 bits per heavy atom. The number of aromatic nitrogens is 1. The van der Waals surface area contributed by atoms with Crippen molar-refractivity contribution in [3.05, 3.63) is 65.5 Å². The van der Waals surface area contributed by atoms with E-state index in [1.807, 2.05) is 0 Å². The van der Waals surface area contributed by atoms with E-state index in [0.717, 1.165) is 0 Å². The first-order valence-electron chi connectivity index (χ1n) is 8.22. The van der Waals surface area contributed by atoms with Crippen LogP contribution in [0.3, 0.4) is 0 Å². The molecule has 1 aromatic carbocycles. The van der Waals surface area contributed by atoms with Gasteiger partial charge >= 0.3 is 0 Å². The van der Waals surface area contributed by atoms with Crippen LogP contribution in [0.5, 0.6) is 0 Å². The van der Waals surface area contributed by atoms with Crippen molar-refractivity contribution in [2.24, 2.45) is 11.8 Å². The number of nitrogens with zero attached hydrogens (tertiary/aromatic N) is 1. The van der Waals surface area contributed by atoms with Crippen molar-refractivity contribution in [2.75, 3.05) is 0 Å². The second-order valence-electron chi connectivity index (χ2n) is 6.35. The van der Waals surface area contributed by atoms with Gasteiger partial charge in [-0.3, -0.25) is 24.2 Å². The summed E-state index contributed by atoms with van der Waals surface area (Å²) in [5.74, 6) is -5.55. The van der Waals surface area contributed by atoms with Gasteiger partial charge in [-0.2, -0.15) is 0 Å². The molecule has 1 fully saturated rings. The van der Waals surface area contributed by atoms with Gasteiger partial charge in [-0.05, 0) is 23.8 Å². The summed E-state index contributed by atoms with van der Waals surface area (Å²) in [5.41, 5.74) is 1.06. The molecule has 0 saturated carbocycles. The average molecular weight is 379 g/mol. The van der Waals surface area contributed by atoms with Gasteiger partial charge in [0.15, 0.2) is 16.7 Å². The van der Waals surface area contributed by atoms with Gasteiger partial charge in [-0.1, -0.05) is 30.3 Å². The Bertz CT molecular complexity index is 950. The molecule has 1 unspecified atom stereocenters. The van der Waals surface area contributed by atoms with E-state index in [4.69, 9.17) is 12.2 Å². The highest BCUT2D eigenvalue weighted by Crippen LogP contribution is 2.41. The standard InChI is InChI=1S/C19H13N3O4S/c23-15-10-5-1-2-6-11(10)16(24)13(15)12(9-4-3-7-20-8-9)14-17(25)21-19(27)22-18(14)26/h1-8,12-14H,(H2,21,22,25,26,27). The Labute approximate surface area is 159 Å². The minimum absolute atomic E-state index is 0.0986. The Kier molecular flexibility index (Phi) is 4.12. The van der Waals surface area contributed by atoms with Crippen LogP contribution in [0.2, 0.25) is 0 Å². The molecule has 134 valence electrons. The molecule has 4 rings (SSSR count). The zero-order chi connectivity index (χ0) is 19.1. The van der Waals surface area contributed by atoms with Crippen LogP contribution in [-0.2, 0) is 9.59 Å². The second-order valence-corrected chi connectivity index (χ2v) is 6.76. The zero-order valence-electron chi connectivity index (χ0n) is 13.8. The molecule has 27 heavy (non-hydrogen) atoms. The molecular formula is C19H13N3O4S. The molecule has 0 radical (unpaired) electrons. The molecule has 1 saturated heterocycles. The Morgan fingerprint density at radius 3 is 1.96 bits per heavy atom. The summed E-state index contributed by atoms with van der Waals surface area (Å²) < 4.78 is 0. The van der Waals surface area contributed by atoms with Gasteiger partial charge in [0.05, 0.1) is 5.92 Å². The SMILES string of the molecule is O=C1NC(=S)NC(=O)C1C(c1cccnc1)C1C(=O)c2ccccc2C1=O. The molecule has 0 spiro atoms. The number of Topliss-reactive ketones (excluding diaryl/α,β-unsaturated/α-hetero) is 2. The van der Waals surface area contributed by atoms with Crippen molar-refractivity contribution in [1.29, 1.82) is 0 Å². The van der Waals surface area contributed by atoms with Gasteiger partial charge in [-0.15, -0.1) is 0 Å². The van der Waals surface area contributed by atoms with Crippen molar-refractivity contribution in [3.8, 4) is 0 Å². The molecule has 2 heterocycles. The van der Waals surface area contributed by atoms with E-state index >= 15 is 0 Å². The number of rotatable bonds is 3. The van der Waals surface area contributed by atoms with Crippen molar-refractivity contribution >= 4 is 40.7 Å². The maximum Gasteiger partial charge on any atom is 0.239 e. The topological polar surface area (TPSA) is 105 Å². The number of hydrogen-bond acceptors (Lipinski definition) is 6. The summed E-state index contributed by atoms with van der Waals surface area (Å²) in [5, 5.41) is 4.71. The average Bonchev–Trinajstić information content (AvgIpc) is 2.90. The van der Waals surface area contributed by atoms with Crippen LogP contribution in [0.25, 0.3) is 0 Å². The molecule has 1 atom stereocenters. The molecule has 7 nitrogen and oxygen atoms in total. The molecule has 1 aliphatic carbocycles. The molecule has 2 aromatic rings. The Morgan fingerprint density at radius 2 is 1.44 bits per heavy atom. The highest BCUT2D eigenvalue weighted by Gasteiger charge is 2.51. The monoisotopic (exact) mass is 379 g/mol. The fraction of sp³-hybridized carbons (Fsp3) is 0.158. The smallest absolute Gasteiger partial charge is 0.239 e. The first-order valence-corrected chi connectivity index (χ1v) is 8.63. The fourth-order valence-electron chi connectivity index (χ4n) is 3.70. The molecule has 1 aromatic heterocycles. The third-order valence-corrected chi connectivity index (χ3v) is 5.05. The Hall–Kier alpha value is -3.26. The minimum atomic E-state index is -1.28. The van der Waals surface area contributed by atoms with Crippen molar-refractivity contribution in [1.82, 2.24) is 15.6 Å². The van der Waals surface area contributed by atoms with Gasteiger partial charge in [0.1, 0.15) is 5.92 Å². The van der Waals surface area contributed by atoms with E-state index in [0.29, 0.717) is 16.7 Å². The van der Waals surface area contributed by atoms with Crippen LogP contribution >= 0.6 is 12.2 Å².